The van der Waals surface area contributed by atoms with Gasteiger partial charge in [-0.15, -0.1) is 0 Å². The number of rotatable bonds is 5. The summed E-state index contributed by atoms with van der Waals surface area (Å²) < 4.78 is 2.01. The Labute approximate surface area is 154 Å². The summed E-state index contributed by atoms with van der Waals surface area (Å²) in [6.45, 7) is 7.04. The minimum absolute atomic E-state index is 0.0420. The first-order chi connectivity index (χ1) is 12.5. The Hall–Kier alpha value is -2.60. The summed E-state index contributed by atoms with van der Waals surface area (Å²) >= 11 is 0. The van der Waals surface area contributed by atoms with E-state index in [2.05, 4.69) is 10.2 Å². The molecule has 0 bridgehead atoms. The van der Waals surface area contributed by atoms with Crippen molar-refractivity contribution in [1.29, 1.82) is 0 Å². The minimum atomic E-state index is 0.0420. The van der Waals surface area contributed by atoms with Gasteiger partial charge in [0.1, 0.15) is 0 Å². The Balaban J connectivity index is 1.53. The highest BCUT2D eigenvalue weighted by atomic mass is 16.2. The lowest BCUT2D eigenvalue weighted by atomic mass is 10.1. The molecular weight excluding hydrogens is 328 g/mol. The number of carbonyl (C=O) groups is 2. The molecule has 0 saturated carbocycles. The molecule has 1 N–H and O–H groups in total. The Bertz CT molecular complexity index is 730. The molecule has 2 amide bonds. The van der Waals surface area contributed by atoms with E-state index in [1.165, 1.54) is 0 Å². The zero-order chi connectivity index (χ0) is 18.5. The van der Waals surface area contributed by atoms with Crippen LogP contribution in [0.5, 0.6) is 0 Å². The minimum Gasteiger partial charge on any atom is -0.353 e. The molecule has 6 heteroatoms. The second kappa shape index (κ2) is 8.19. The van der Waals surface area contributed by atoms with Gasteiger partial charge in [-0.1, -0.05) is 0 Å². The first-order valence-corrected chi connectivity index (χ1v) is 9.07. The number of benzene rings is 1. The highest BCUT2D eigenvalue weighted by molar-refractivity contribution is 5.94. The van der Waals surface area contributed by atoms with Crippen LogP contribution >= 0.6 is 0 Å². The number of hydrogen-bond acceptors (Lipinski definition) is 3. The van der Waals surface area contributed by atoms with Crippen molar-refractivity contribution in [3.05, 3.63) is 54.4 Å². The van der Waals surface area contributed by atoms with E-state index >= 15 is 0 Å². The molecular formula is C20H26N4O2. The third kappa shape index (κ3) is 4.52. The standard InChI is InChI=1S/C20H26N4O2/c1-16(2)21-19(25)15-22-11-13-24(14-12-22)20(26)17-5-7-18(8-6-17)23-9-3-4-10-23/h3-10,16H,11-15H2,1-2H3,(H,21,25). The first kappa shape index (κ1) is 18.2. The number of nitrogens with zero attached hydrogens (tertiary/aromatic N) is 3. The van der Waals surface area contributed by atoms with Crippen molar-refractivity contribution in [1.82, 2.24) is 19.7 Å². The molecule has 0 unspecified atom stereocenters. The predicted octanol–water partition coefficient (Wildman–Crippen LogP) is 1.76. The zero-order valence-electron chi connectivity index (χ0n) is 15.4. The van der Waals surface area contributed by atoms with Gasteiger partial charge in [0.15, 0.2) is 0 Å². The van der Waals surface area contributed by atoms with Crippen LogP contribution in [-0.2, 0) is 4.79 Å². The van der Waals surface area contributed by atoms with Crippen molar-refractivity contribution in [2.24, 2.45) is 0 Å². The van der Waals surface area contributed by atoms with Gasteiger partial charge in [-0.05, 0) is 50.2 Å². The summed E-state index contributed by atoms with van der Waals surface area (Å²) in [5, 5.41) is 2.90. The van der Waals surface area contributed by atoms with Gasteiger partial charge in [0, 0.05) is 55.9 Å². The van der Waals surface area contributed by atoms with Crippen molar-refractivity contribution in [3.63, 3.8) is 0 Å². The van der Waals surface area contributed by atoms with Crippen molar-refractivity contribution in [2.75, 3.05) is 32.7 Å². The van der Waals surface area contributed by atoms with Crippen LogP contribution in [0.2, 0.25) is 0 Å². The molecule has 0 atom stereocenters. The fourth-order valence-electron chi connectivity index (χ4n) is 3.15. The fourth-order valence-corrected chi connectivity index (χ4v) is 3.15. The monoisotopic (exact) mass is 354 g/mol. The molecule has 0 spiro atoms. The van der Waals surface area contributed by atoms with Gasteiger partial charge in [0.05, 0.1) is 6.54 Å². The summed E-state index contributed by atoms with van der Waals surface area (Å²) in [4.78, 5) is 28.5. The molecule has 0 aliphatic carbocycles. The quantitative estimate of drug-likeness (QED) is 0.890. The van der Waals surface area contributed by atoms with Crippen LogP contribution in [-0.4, -0.2) is 64.9 Å². The average Bonchev–Trinajstić information content (AvgIpc) is 3.16. The second-order valence-corrected chi connectivity index (χ2v) is 6.93. The highest BCUT2D eigenvalue weighted by Gasteiger charge is 2.23. The normalized spacial score (nSPS) is 15.3. The molecule has 1 saturated heterocycles. The van der Waals surface area contributed by atoms with E-state index in [4.69, 9.17) is 0 Å². The number of hydrogen-bond donors (Lipinski definition) is 1. The fraction of sp³-hybridized carbons (Fsp3) is 0.400. The largest absolute Gasteiger partial charge is 0.353 e. The number of aromatic nitrogens is 1. The molecule has 2 aromatic rings. The lowest BCUT2D eigenvalue weighted by Crippen LogP contribution is -2.51. The van der Waals surface area contributed by atoms with Crippen molar-refractivity contribution in [3.8, 4) is 5.69 Å². The number of piperazine rings is 1. The molecule has 1 fully saturated rings. The molecule has 3 rings (SSSR count). The molecule has 2 heterocycles. The zero-order valence-corrected chi connectivity index (χ0v) is 15.4. The van der Waals surface area contributed by atoms with Crippen molar-refractivity contribution in [2.45, 2.75) is 19.9 Å². The number of nitrogens with one attached hydrogen (secondary N) is 1. The Morgan fingerprint density at radius 2 is 1.62 bits per heavy atom. The third-order valence-electron chi connectivity index (χ3n) is 4.49. The Kier molecular flexibility index (Phi) is 5.73. The smallest absolute Gasteiger partial charge is 0.253 e. The maximum Gasteiger partial charge on any atom is 0.253 e. The Morgan fingerprint density at radius 1 is 1.00 bits per heavy atom. The van der Waals surface area contributed by atoms with E-state index < -0.39 is 0 Å². The van der Waals surface area contributed by atoms with Crippen LogP contribution in [0, 0.1) is 0 Å². The molecule has 1 aliphatic rings. The highest BCUT2D eigenvalue weighted by Crippen LogP contribution is 2.13. The van der Waals surface area contributed by atoms with Crippen molar-refractivity contribution < 1.29 is 9.59 Å². The van der Waals surface area contributed by atoms with E-state index in [-0.39, 0.29) is 17.9 Å². The lowest BCUT2D eigenvalue weighted by molar-refractivity contribution is -0.123. The lowest BCUT2D eigenvalue weighted by Gasteiger charge is -2.34. The van der Waals surface area contributed by atoms with E-state index in [0.29, 0.717) is 25.2 Å². The third-order valence-corrected chi connectivity index (χ3v) is 4.49. The van der Waals surface area contributed by atoms with Gasteiger partial charge in [0.2, 0.25) is 5.91 Å². The van der Waals surface area contributed by atoms with Gasteiger partial charge >= 0.3 is 0 Å². The van der Waals surface area contributed by atoms with E-state index in [1.54, 1.807) is 0 Å². The first-order valence-electron chi connectivity index (χ1n) is 9.07. The second-order valence-electron chi connectivity index (χ2n) is 6.93. The summed E-state index contributed by atoms with van der Waals surface area (Å²) in [6.07, 6.45) is 3.96. The van der Waals surface area contributed by atoms with Gasteiger partial charge in [-0.2, -0.15) is 0 Å². The van der Waals surface area contributed by atoms with E-state index in [1.807, 2.05) is 72.1 Å². The number of amides is 2. The molecule has 1 aromatic heterocycles. The molecule has 1 aromatic carbocycles. The molecule has 1 aliphatic heterocycles. The summed E-state index contributed by atoms with van der Waals surface area (Å²) in [5.41, 5.74) is 1.74. The average molecular weight is 354 g/mol. The van der Waals surface area contributed by atoms with Crippen molar-refractivity contribution >= 4 is 11.8 Å². The number of carbonyl (C=O) groups excluding carboxylic acids is 2. The maximum absolute atomic E-state index is 12.7. The van der Waals surface area contributed by atoms with Gasteiger partial charge in [0.25, 0.3) is 5.91 Å². The SMILES string of the molecule is CC(C)NC(=O)CN1CCN(C(=O)c2ccc(-n3cccc3)cc2)CC1. The van der Waals surface area contributed by atoms with Crippen LogP contribution < -0.4 is 5.32 Å². The summed E-state index contributed by atoms with van der Waals surface area (Å²) in [7, 11) is 0. The summed E-state index contributed by atoms with van der Waals surface area (Å²) in [5.74, 6) is 0.0933. The molecule has 138 valence electrons. The predicted molar refractivity (Wildman–Crippen MR) is 101 cm³/mol. The van der Waals surface area contributed by atoms with Crippen LogP contribution in [0.3, 0.4) is 0 Å². The van der Waals surface area contributed by atoms with Crippen LogP contribution in [0.25, 0.3) is 5.69 Å². The van der Waals surface area contributed by atoms with Crippen LogP contribution in [0.15, 0.2) is 48.8 Å². The molecule has 26 heavy (non-hydrogen) atoms. The maximum atomic E-state index is 12.7. The van der Waals surface area contributed by atoms with E-state index in [9.17, 15) is 9.59 Å². The van der Waals surface area contributed by atoms with Gasteiger partial charge < -0.3 is 14.8 Å². The van der Waals surface area contributed by atoms with Gasteiger partial charge in [-0.3, -0.25) is 14.5 Å². The van der Waals surface area contributed by atoms with E-state index in [0.717, 1.165) is 18.8 Å². The molecule has 0 radical (unpaired) electrons. The van der Waals surface area contributed by atoms with Gasteiger partial charge in [-0.25, -0.2) is 0 Å². The topological polar surface area (TPSA) is 57.6 Å². The molecule has 6 nitrogen and oxygen atoms in total. The Morgan fingerprint density at radius 3 is 2.19 bits per heavy atom. The van der Waals surface area contributed by atoms with Crippen LogP contribution in [0.4, 0.5) is 0 Å². The summed E-state index contributed by atoms with van der Waals surface area (Å²) in [6, 6.07) is 11.8. The van der Waals surface area contributed by atoms with Crippen LogP contribution in [0.1, 0.15) is 24.2 Å².